The molecular formula is C23H21N5O3S. The fourth-order valence-corrected chi connectivity index (χ4v) is 4.66. The quantitative estimate of drug-likeness (QED) is 0.602. The summed E-state index contributed by atoms with van der Waals surface area (Å²) in [6.45, 7) is 1.30. The second-order valence-electron chi connectivity index (χ2n) is 7.67. The summed E-state index contributed by atoms with van der Waals surface area (Å²) < 4.78 is 28.0. The van der Waals surface area contributed by atoms with Gasteiger partial charge in [-0.15, -0.1) is 0 Å². The van der Waals surface area contributed by atoms with E-state index in [1.807, 2.05) is 41.4 Å². The van der Waals surface area contributed by atoms with Crippen LogP contribution in [0.3, 0.4) is 0 Å². The minimum Gasteiger partial charge on any atom is -0.383 e. The molecule has 0 amide bonds. The minimum absolute atomic E-state index is 0.232. The highest BCUT2D eigenvalue weighted by Crippen LogP contribution is 2.43. The van der Waals surface area contributed by atoms with Crippen LogP contribution in [0.15, 0.2) is 83.0 Å². The molecule has 2 aromatic carbocycles. The Balaban J connectivity index is 1.67. The van der Waals surface area contributed by atoms with Crippen LogP contribution < -0.4 is 9.92 Å². The molecule has 5 rings (SSSR count). The molecule has 1 unspecified atom stereocenters. The van der Waals surface area contributed by atoms with E-state index in [0.717, 1.165) is 34.3 Å². The number of aliphatic imine (C=N–C) groups is 2. The molecule has 162 valence electrons. The van der Waals surface area contributed by atoms with Gasteiger partial charge in [0.25, 0.3) is 0 Å². The number of hydrogen-bond donors (Lipinski definition) is 1. The highest BCUT2D eigenvalue weighted by molar-refractivity contribution is 7.86. The summed E-state index contributed by atoms with van der Waals surface area (Å²) in [6.07, 6.45) is 4.57. The first-order valence-electron chi connectivity index (χ1n) is 10.1. The molecule has 1 atom stereocenters. The van der Waals surface area contributed by atoms with Crippen LogP contribution in [0.5, 0.6) is 5.75 Å². The molecule has 1 aromatic heterocycles. The van der Waals surface area contributed by atoms with Gasteiger partial charge in [0, 0.05) is 18.9 Å². The predicted octanol–water partition coefficient (Wildman–Crippen LogP) is 2.37. The Morgan fingerprint density at radius 3 is 2.53 bits per heavy atom. The van der Waals surface area contributed by atoms with Crippen molar-refractivity contribution in [3.8, 4) is 16.9 Å². The second kappa shape index (κ2) is 7.45. The molecular weight excluding hydrogens is 426 g/mol. The maximum atomic E-state index is 11.5. The molecule has 8 nitrogen and oxygen atoms in total. The highest BCUT2D eigenvalue weighted by Gasteiger charge is 2.49. The van der Waals surface area contributed by atoms with Crippen molar-refractivity contribution in [2.45, 2.75) is 5.54 Å². The van der Waals surface area contributed by atoms with Gasteiger partial charge in [0.15, 0.2) is 11.5 Å². The van der Waals surface area contributed by atoms with E-state index in [1.54, 1.807) is 30.5 Å². The SMILES string of the molecule is CS(=O)(=O)Oc1ccc(C2(c3cccc(-c4cccnc4)c3)N=C(N)N3CCN=C32)cc1. The van der Waals surface area contributed by atoms with Crippen molar-refractivity contribution in [1.82, 2.24) is 9.88 Å². The van der Waals surface area contributed by atoms with E-state index in [-0.39, 0.29) is 5.75 Å². The molecule has 2 N–H and O–H groups in total. The van der Waals surface area contributed by atoms with Crippen LogP contribution in [0.1, 0.15) is 11.1 Å². The molecule has 9 heteroatoms. The lowest BCUT2D eigenvalue weighted by Gasteiger charge is -2.29. The Morgan fingerprint density at radius 2 is 1.81 bits per heavy atom. The van der Waals surface area contributed by atoms with E-state index >= 15 is 0 Å². The number of fused-ring (bicyclic) bond motifs is 1. The molecule has 0 radical (unpaired) electrons. The van der Waals surface area contributed by atoms with Crippen molar-refractivity contribution >= 4 is 21.9 Å². The van der Waals surface area contributed by atoms with Gasteiger partial charge in [-0.1, -0.05) is 36.4 Å². The number of aromatic nitrogens is 1. The van der Waals surface area contributed by atoms with Crippen LogP contribution in [0.25, 0.3) is 11.1 Å². The zero-order valence-corrected chi connectivity index (χ0v) is 18.2. The van der Waals surface area contributed by atoms with E-state index in [2.05, 4.69) is 11.1 Å². The standard InChI is InChI=1S/C23H21N5O3S/c1-32(29,30)31-20-9-7-18(8-10-20)23(21-26-12-13-28(21)22(24)27-23)19-6-2-4-16(14-19)17-5-3-11-25-15-17/h2-11,14-15H,12-13H2,1H3,(H2,24,27). The van der Waals surface area contributed by atoms with Gasteiger partial charge >= 0.3 is 10.1 Å². The molecule has 32 heavy (non-hydrogen) atoms. The van der Waals surface area contributed by atoms with Crippen LogP contribution in [-0.2, 0) is 15.7 Å². The third kappa shape index (κ3) is 3.40. The molecule has 0 saturated carbocycles. The molecule has 3 heterocycles. The minimum atomic E-state index is -3.62. The van der Waals surface area contributed by atoms with Crippen molar-refractivity contribution in [3.05, 3.63) is 84.2 Å². The third-order valence-corrected chi connectivity index (χ3v) is 6.01. The maximum Gasteiger partial charge on any atom is 0.306 e. The van der Waals surface area contributed by atoms with Gasteiger partial charge in [0.05, 0.1) is 12.8 Å². The third-order valence-electron chi connectivity index (χ3n) is 5.52. The molecule has 0 aliphatic carbocycles. The maximum absolute atomic E-state index is 11.5. The lowest BCUT2D eigenvalue weighted by molar-refractivity contribution is 0.492. The van der Waals surface area contributed by atoms with E-state index < -0.39 is 15.7 Å². The summed E-state index contributed by atoms with van der Waals surface area (Å²) in [4.78, 5) is 15.8. The number of guanidine groups is 1. The van der Waals surface area contributed by atoms with Gasteiger partial charge < -0.3 is 9.92 Å². The molecule has 2 aliphatic heterocycles. The summed E-state index contributed by atoms with van der Waals surface area (Å²) in [5.41, 5.74) is 9.07. The molecule has 0 fully saturated rings. The largest absolute Gasteiger partial charge is 0.383 e. The predicted molar refractivity (Wildman–Crippen MR) is 123 cm³/mol. The van der Waals surface area contributed by atoms with Crippen molar-refractivity contribution in [3.63, 3.8) is 0 Å². The van der Waals surface area contributed by atoms with E-state index in [1.165, 1.54) is 0 Å². The highest BCUT2D eigenvalue weighted by atomic mass is 32.2. The van der Waals surface area contributed by atoms with Gasteiger partial charge in [0.2, 0.25) is 0 Å². The average molecular weight is 448 g/mol. The fourth-order valence-electron chi connectivity index (χ4n) is 4.20. The van der Waals surface area contributed by atoms with E-state index in [0.29, 0.717) is 19.0 Å². The van der Waals surface area contributed by atoms with Crippen molar-refractivity contribution < 1.29 is 12.6 Å². The lowest BCUT2D eigenvalue weighted by atomic mass is 9.81. The normalized spacial score (nSPS) is 20.0. The fraction of sp³-hybridized carbons (Fsp3) is 0.174. The number of amidine groups is 1. The second-order valence-corrected chi connectivity index (χ2v) is 9.25. The van der Waals surface area contributed by atoms with Gasteiger partial charge in [0.1, 0.15) is 11.6 Å². The summed E-state index contributed by atoms with van der Waals surface area (Å²) in [5.74, 6) is 1.40. The first kappa shape index (κ1) is 20.2. The van der Waals surface area contributed by atoms with Gasteiger partial charge in [-0.3, -0.25) is 14.9 Å². The summed E-state index contributed by atoms with van der Waals surface area (Å²) in [7, 11) is -3.62. The zero-order chi connectivity index (χ0) is 22.3. The molecule has 0 bridgehead atoms. The molecule has 0 spiro atoms. The van der Waals surface area contributed by atoms with E-state index in [9.17, 15) is 8.42 Å². The van der Waals surface area contributed by atoms with Crippen LogP contribution in [-0.4, -0.2) is 49.4 Å². The zero-order valence-electron chi connectivity index (χ0n) is 17.3. The average Bonchev–Trinajstić information content (AvgIpc) is 3.38. The van der Waals surface area contributed by atoms with Crippen LogP contribution in [0.2, 0.25) is 0 Å². The number of benzene rings is 2. The number of hydrogen-bond acceptors (Lipinski definition) is 8. The first-order chi connectivity index (χ1) is 15.4. The summed E-state index contributed by atoms with van der Waals surface area (Å²) >= 11 is 0. The Bertz CT molecular complexity index is 1340. The summed E-state index contributed by atoms with van der Waals surface area (Å²) in [6, 6.07) is 18.8. The smallest absolute Gasteiger partial charge is 0.306 e. The lowest BCUT2D eigenvalue weighted by Crippen LogP contribution is -2.41. The molecule has 3 aromatic rings. The Kier molecular flexibility index (Phi) is 4.70. The van der Waals surface area contributed by atoms with Crippen LogP contribution >= 0.6 is 0 Å². The number of rotatable bonds is 5. The van der Waals surface area contributed by atoms with Gasteiger partial charge in [-0.05, 0) is 46.5 Å². The monoisotopic (exact) mass is 447 g/mol. The van der Waals surface area contributed by atoms with Crippen LogP contribution in [0.4, 0.5) is 0 Å². The molecule has 2 aliphatic rings. The Morgan fingerprint density at radius 1 is 1.03 bits per heavy atom. The number of nitrogens with two attached hydrogens (primary N) is 1. The van der Waals surface area contributed by atoms with Gasteiger partial charge in [-0.25, -0.2) is 4.99 Å². The van der Waals surface area contributed by atoms with Crippen LogP contribution in [0, 0.1) is 0 Å². The Hall–Kier alpha value is -3.72. The van der Waals surface area contributed by atoms with Gasteiger partial charge in [-0.2, -0.15) is 8.42 Å². The first-order valence-corrected chi connectivity index (χ1v) is 11.9. The summed E-state index contributed by atoms with van der Waals surface area (Å²) in [5, 5.41) is 0. The number of pyridine rings is 1. The van der Waals surface area contributed by atoms with Crippen molar-refractivity contribution in [2.75, 3.05) is 19.3 Å². The molecule has 0 saturated heterocycles. The Labute approximate surface area is 186 Å². The topological polar surface area (TPSA) is 110 Å². The van der Waals surface area contributed by atoms with E-state index in [4.69, 9.17) is 19.9 Å². The van der Waals surface area contributed by atoms with Crippen molar-refractivity contribution in [1.29, 1.82) is 0 Å². The van der Waals surface area contributed by atoms with Crippen molar-refractivity contribution in [2.24, 2.45) is 15.7 Å². The number of nitrogens with zero attached hydrogens (tertiary/aromatic N) is 4.